The smallest absolute Gasteiger partial charge is 0.0771 e. The Hall–Kier alpha value is -0.660. The van der Waals surface area contributed by atoms with Crippen molar-refractivity contribution in [1.29, 1.82) is 0 Å². The second-order valence-electron chi connectivity index (χ2n) is 4.54. The molecule has 4 heteroatoms. The van der Waals surface area contributed by atoms with Gasteiger partial charge in [0.25, 0.3) is 0 Å². The Bertz CT molecular complexity index is 764. The number of benzene rings is 2. The summed E-state index contributed by atoms with van der Waals surface area (Å²) in [6.07, 6.45) is 0. The molecule has 0 heterocycles. The average Bonchev–Trinajstić information content (AvgIpc) is 3.18. The molecule has 0 nitrogen and oxygen atoms in total. The van der Waals surface area contributed by atoms with Gasteiger partial charge in [0.1, 0.15) is 0 Å². The molecule has 0 saturated carbocycles. The van der Waals surface area contributed by atoms with Gasteiger partial charge in [0.2, 0.25) is 0 Å². The molecule has 0 atom stereocenters. The van der Waals surface area contributed by atoms with E-state index in [1.165, 1.54) is 21.5 Å². The summed E-state index contributed by atoms with van der Waals surface area (Å²) in [5, 5.41) is 5.39. The molecule has 0 amide bonds. The maximum atomic E-state index is 5.15. The molecule has 0 fully saturated rings. The minimum atomic E-state index is -1.79. The predicted molar refractivity (Wildman–Crippen MR) is 109 cm³/mol. The average molecular weight is 451 g/mol. The number of fused-ring (bicyclic) bond motifs is 3. The fraction of sp³-hybridized carbons (Fsp3) is 0. The van der Waals surface area contributed by atoms with Gasteiger partial charge in [-0.15, -0.1) is 39.7 Å². The van der Waals surface area contributed by atoms with Crippen LogP contribution in [0.4, 0.5) is 0 Å². The number of hydrogen-bond donors (Lipinski definition) is 0. The summed E-state index contributed by atoms with van der Waals surface area (Å²) in [5.74, 6) is 0. The Morgan fingerprint density at radius 3 is 1.42 bits per heavy atom. The van der Waals surface area contributed by atoms with Crippen molar-refractivity contribution in [1.82, 2.24) is 0 Å². The van der Waals surface area contributed by atoms with Gasteiger partial charge < -0.3 is 14.9 Å². The van der Waals surface area contributed by atoms with Crippen LogP contribution in [0.15, 0.2) is 84.9 Å². The molecule has 0 aliphatic carbocycles. The summed E-state index contributed by atoms with van der Waals surface area (Å²) in [5.41, 5.74) is 0. The van der Waals surface area contributed by atoms with E-state index in [1.54, 1.807) is 0 Å². The summed E-state index contributed by atoms with van der Waals surface area (Å²) in [6.45, 7) is 3.04. The van der Waals surface area contributed by atoms with E-state index in [1.807, 2.05) is 30.3 Å². The number of rotatable bonds is 0. The van der Waals surface area contributed by atoms with Crippen LogP contribution in [-0.4, -0.2) is 6.88 Å². The summed E-state index contributed by atoms with van der Waals surface area (Å²) < 4.78 is 0. The van der Waals surface area contributed by atoms with Crippen LogP contribution in [0.3, 0.4) is 0 Å². The Morgan fingerprint density at radius 2 is 1.08 bits per heavy atom. The normalized spacial score (nSPS) is 8.75. The molecule has 126 valence electrons. The van der Waals surface area contributed by atoms with Crippen LogP contribution in [0.5, 0.6) is 0 Å². The van der Waals surface area contributed by atoms with Gasteiger partial charge >= 0.3 is 41.9 Å². The third-order valence-electron chi connectivity index (χ3n) is 3.08. The van der Waals surface area contributed by atoms with Gasteiger partial charge in [-0.1, -0.05) is 36.4 Å². The summed E-state index contributed by atoms with van der Waals surface area (Å²) in [4.78, 5) is 0. The largest absolute Gasteiger partial charge is 0.214 e. The third kappa shape index (κ3) is 7.49. The van der Waals surface area contributed by atoms with Crippen molar-refractivity contribution in [2.75, 3.05) is 0 Å². The molecule has 0 unspecified atom stereocenters. The molecular weight excluding hydrogens is 430 g/mol. The van der Waals surface area contributed by atoms with Crippen molar-refractivity contribution in [2.45, 2.75) is 0 Å². The molecule has 0 aliphatic rings. The minimum Gasteiger partial charge on any atom is -0.214 e. The van der Waals surface area contributed by atoms with Gasteiger partial charge in [-0.05, 0) is 0 Å². The van der Waals surface area contributed by atoms with Crippen LogP contribution < -0.4 is 0 Å². The first-order valence-corrected chi connectivity index (χ1v) is 17.3. The van der Waals surface area contributed by atoms with Gasteiger partial charge in [0.05, 0.1) is 0 Å². The summed E-state index contributed by atoms with van der Waals surface area (Å²) in [6, 6.07) is 29.3. The Labute approximate surface area is 162 Å². The van der Waals surface area contributed by atoms with Crippen molar-refractivity contribution < 1.29 is 18.0 Å². The van der Waals surface area contributed by atoms with E-state index in [2.05, 4.69) is 61.5 Å². The van der Waals surface area contributed by atoms with Gasteiger partial charge in [0, 0.05) is 0 Å². The minimum absolute atomic E-state index is 0. The third-order valence-corrected chi connectivity index (χ3v) is 3.08. The standard InChI is InChI=1S/C13H9.C5H5.2CH3.2ClH.Si.Zr/c1-3-7-12-10(5-1)9-11-6-2-4-8-13(11)12;1-2-4-5-3-1;;;;;;/h1-9H;1-5H;2*1H3;2*1H;;/q4*-1;;;;+2/p-2. The molecule has 24 heavy (non-hydrogen) atoms. The first-order valence-electron chi connectivity index (χ1n) is 6.78. The first kappa shape index (κ1) is 23.3. The number of halogens is 2. The molecule has 4 aromatic carbocycles. The van der Waals surface area contributed by atoms with E-state index in [9.17, 15) is 0 Å². The van der Waals surface area contributed by atoms with E-state index in [0.29, 0.717) is 0 Å². The van der Waals surface area contributed by atoms with Crippen molar-refractivity contribution in [3.63, 3.8) is 0 Å². The van der Waals surface area contributed by atoms with E-state index in [-0.39, 0.29) is 14.9 Å². The SMILES string of the molecule is [CH3-].[CH3-].[Si]=[Zr]([Cl])[Cl].c1cc[cH-]c1.c1ccc2c(c1)[cH-]c1ccccc12. The zero-order valence-electron chi connectivity index (χ0n) is 13.8. The fourth-order valence-electron chi connectivity index (χ4n) is 2.22. The molecule has 0 aromatic heterocycles. The van der Waals surface area contributed by atoms with Gasteiger partial charge in [0.15, 0.2) is 0 Å². The van der Waals surface area contributed by atoms with E-state index < -0.39 is 18.0 Å². The zero-order chi connectivity index (χ0) is 15.8. The zero-order valence-corrected chi connectivity index (χ0v) is 18.8. The van der Waals surface area contributed by atoms with Crippen LogP contribution in [0, 0.1) is 14.9 Å². The van der Waals surface area contributed by atoms with Crippen LogP contribution in [-0.2, 0) is 18.0 Å². The van der Waals surface area contributed by atoms with E-state index >= 15 is 0 Å². The van der Waals surface area contributed by atoms with Crippen molar-refractivity contribution >= 4 is 45.4 Å². The Balaban J connectivity index is 0.000000409. The quantitative estimate of drug-likeness (QED) is 0.200. The molecule has 4 aromatic rings. The van der Waals surface area contributed by atoms with Crippen LogP contribution in [0.1, 0.15) is 0 Å². The molecular formula is C20H20Cl2SiZr-4. The Kier molecular flexibility index (Phi) is 12.3. The van der Waals surface area contributed by atoms with Crippen LogP contribution in [0.2, 0.25) is 0 Å². The molecule has 0 saturated heterocycles. The Morgan fingerprint density at radius 1 is 0.708 bits per heavy atom. The first-order chi connectivity index (χ1) is 10.7. The van der Waals surface area contributed by atoms with Crippen LogP contribution in [0.25, 0.3) is 21.5 Å². The molecule has 0 aliphatic heterocycles. The van der Waals surface area contributed by atoms with Crippen molar-refractivity contribution in [3.05, 3.63) is 99.8 Å². The van der Waals surface area contributed by atoms with E-state index in [0.717, 1.165) is 0 Å². The summed E-state index contributed by atoms with van der Waals surface area (Å²) >= 11 is -1.79. The van der Waals surface area contributed by atoms with E-state index in [4.69, 9.17) is 17.0 Å². The molecule has 4 rings (SSSR count). The van der Waals surface area contributed by atoms with Gasteiger partial charge in [-0.2, -0.15) is 18.2 Å². The predicted octanol–water partition coefficient (Wildman–Crippen LogP) is 7.01. The van der Waals surface area contributed by atoms with Gasteiger partial charge in [-0.3, -0.25) is 0 Å². The maximum absolute atomic E-state index is 5.15. The second kappa shape index (κ2) is 12.7. The fourth-order valence-corrected chi connectivity index (χ4v) is 2.22. The monoisotopic (exact) mass is 448 g/mol. The second-order valence-corrected chi connectivity index (χ2v) is 18.1. The van der Waals surface area contributed by atoms with Crippen LogP contribution >= 0.6 is 17.0 Å². The molecule has 0 bridgehead atoms. The molecule has 2 radical (unpaired) electrons. The topological polar surface area (TPSA) is 0 Å². The molecule has 0 spiro atoms. The number of hydrogen-bond acceptors (Lipinski definition) is 0. The summed E-state index contributed by atoms with van der Waals surface area (Å²) in [7, 11) is 10.3. The van der Waals surface area contributed by atoms with Crippen molar-refractivity contribution in [3.8, 4) is 0 Å². The maximum Gasteiger partial charge on any atom is -0.0771 e. The van der Waals surface area contributed by atoms with Gasteiger partial charge in [-0.25, -0.2) is 12.1 Å². The molecule has 0 N–H and O–H groups in total. The van der Waals surface area contributed by atoms with Crippen molar-refractivity contribution in [2.24, 2.45) is 0 Å².